The number of rotatable bonds is 6. The highest BCUT2D eigenvalue weighted by Gasteiger charge is 2.57. The predicted octanol–water partition coefficient (Wildman–Crippen LogP) is 1.65. The largest absolute Gasteiger partial charge is 0.492 e. The molecular formula is C21H24FN5O3. The Morgan fingerprint density at radius 1 is 1.43 bits per heavy atom. The van der Waals surface area contributed by atoms with E-state index in [0.717, 1.165) is 25.7 Å². The van der Waals surface area contributed by atoms with E-state index >= 15 is 4.39 Å². The van der Waals surface area contributed by atoms with Crippen LogP contribution in [0.2, 0.25) is 0 Å². The highest BCUT2D eigenvalue weighted by atomic mass is 19.1. The summed E-state index contributed by atoms with van der Waals surface area (Å²) >= 11 is 0. The van der Waals surface area contributed by atoms with Crippen molar-refractivity contribution in [3.8, 4) is 5.75 Å². The summed E-state index contributed by atoms with van der Waals surface area (Å²) in [6.45, 7) is 9.38. The zero-order valence-corrected chi connectivity index (χ0v) is 16.8. The summed E-state index contributed by atoms with van der Waals surface area (Å²) in [7, 11) is 1.46. The monoisotopic (exact) mass is 413 g/mol. The first-order chi connectivity index (χ1) is 14.5. The number of benzene rings is 1. The summed E-state index contributed by atoms with van der Waals surface area (Å²) < 4.78 is 22.4. The molecule has 158 valence electrons. The van der Waals surface area contributed by atoms with Gasteiger partial charge in [0.2, 0.25) is 6.54 Å². The molecule has 2 unspecified atom stereocenters. The molecule has 1 aliphatic heterocycles. The Hall–Kier alpha value is -2.86. The van der Waals surface area contributed by atoms with Crippen molar-refractivity contribution < 1.29 is 9.13 Å². The van der Waals surface area contributed by atoms with E-state index in [0.29, 0.717) is 43.4 Å². The van der Waals surface area contributed by atoms with Crippen molar-refractivity contribution in [1.29, 1.82) is 0 Å². The van der Waals surface area contributed by atoms with Gasteiger partial charge in [-0.2, -0.15) is 0 Å². The second-order valence-corrected chi connectivity index (χ2v) is 8.62. The summed E-state index contributed by atoms with van der Waals surface area (Å²) in [4.78, 5) is 32.6. The van der Waals surface area contributed by atoms with Crippen molar-refractivity contribution >= 4 is 16.6 Å². The minimum atomic E-state index is -0.597. The van der Waals surface area contributed by atoms with Crippen LogP contribution in [0.15, 0.2) is 15.7 Å². The van der Waals surface area contributed by atoms with Crippen molar-refractivity contribution in [3.63, 3.8) is 0 Å². The average molecular weight is 413 g/mol. The number of hydrogen-bond acceptors (Lipinski definition) is 5. The normalized spacial score (nSPS) is 25.1. The summed E-state index contributed by atoms with van der Waals surface area (Å²) in [5, 5.41) is 3.56. The molecule has 0 radical (unpaired) electrons. The van der Waals surface area contributed by atoms with E-state index in [1.54, 1.807) is 4.57 Å². The number of hydrogen-bond donors (Lipinski definition) is 2. The Bertz CT molecular complexity index is 1180. The zero-order valence-electron chi connectivity index (χ0n) is 16.8. The molecule has 5 rings (SSSR count). The first-order valence-corrected chi connectivity index (χ1v) is 10.4. The Morgan fingerprint density at radius 2 is 2.23 bits per heavy atom. The van der Waals surface area contributed by atoms with Crippen molar-refractivity contribution in [1.82, 2.24) is 14.9 Å². The number of nitrogens with zero attached hydrogens (tertiary/aromatic N) is 3. The minimum absolute atomic E-state index is 0.00782. The van der Waals surface area contributed by atoms with Crippen LogP contribution in [-0.4, -0.2) is 48.9 Å². The van der Waals surface area contributed by atoms with E-state index in [-0.39, 0.29) is 22.6 Å². The van der Waals surface area contributed by atoms with Crippen LogP contribution in [-0.2, 0) is 0 Å². The van der Waals surface area contributed by atoms with Crippen molar-refractivity contribution in [2.45, 2.75) is 37.8 Å². The predicted molar refractivity (Wildman–Crippen MR) is 111 cm³/mol. The quantitative estimate of drug-likeness (QED) is 0.556. The summed E-state index contributed by atoms with van der Waals surface area (Å²) in [6, 6.07) is 1.58. The van der Waals surface area contributed by atoms with E-state index in [1.807, 2.05) is 4.90 Å². The van der Waals surface area contributed by atoms with Gasteiger partial charge in [-0.1, -0.05) is 0 Å². The third-order valence-corrected chi connectivity index (χ3v) is 6.73. The van der Waals surface area contributed by atoms with Crippen LogP contribution in [0.25, 0.3) is 15.7 Å². The van der Waals surface area contributed by atoms with Crippen LogP contribution in [0.4, 0.5) is 10.1 Å². The third-order valence-electron chi connectivity index (χ3n) is 6.73. The Morgan fingerprint density at radius 3 is 2.93 bits per heavy atom. The van der Waals surface area contributed by atoms with E-state index in [1.165, 1.54) is 13.2 Å². The molecule has 30 heavy (non-hydrogen) atoms. The Balaban J connectivity index is 1.55. The maximum Gasteiger partial charge on any atom is 0.329 e. The fraction of sp³-hybridized carbons (Fsp3) is 0.571. The number of H-pyrrole nitrogens is 1. The second-order valence-electron chi connectivity index (χ2n) is 8.62. The Labute approximate surface area is 172 Å². The van der Waals surface area contributed by atoms with E-state index in [4.69, 9.17) is 11.3 Å². The molecule has 1 saturated heterocycles. The topological polar surface area (TPSA) is 83.7 Å². The fourth-order valence-corrected chi connectivity index (χ4v) is 4.98. The van der Waals surface area contributed by atoms with Gasteiger partial charge in [-0.15, -0.1) is 0 Å². The molecular weight excluding hydrogens is 389 g/mol. The molecule has 1 aromatic heterocycles. The number of nitrogens with one attached hydrogen (secondary N) is 2. The minimum Gasteiger partial charge on any atom is -0.492 e. The highest BCUT2D eigenvalue weighted by molar-refractivity contribution is 5.91. The lowest BCUT2D eigenvalue weighted by Gasteiger charge is -2.24. The zero-order chi connectivity index (χ0) is 21.0. The maximum absolute atomic E-state index is 15.3. The van der Waals surface area contributed by atoms with Crippen LogP contribution < -0.4 is 26.2 Å². The van der Waals surface area contributed by atoms with Crippen molar-refractivity contribution in [2.24, 2.45) is 5.41 Å². The smallest absolute Gasteiger partial charge is 0.329 e. The van der Waals surface area contributed by atoms with E-state index in [9.17, 15) is 9.59 Å². The number of aromatic nitrogens is 2. The number of fused-ring (bicyclic) bond motifs is 1. The maximum atomic E-state index is 15.3. The van der Waals surface area contributed by atoms with Gasteiger partial charge < -0.3 is 19.8 Å². The SMILES string of the molecule is [C-]#[N+]CCNC1CC12CCN(c1c(F)cc3c(=O)[nH]c(=O)n(C4CC4)c3c1OC)C2. The molecule has 2 heterocycles. The average Bonchev–Trinajstić information content (AvgIpc) is 3.61. The molecule has 9 heteroatoms. The molecule has 2 aromatic rings. The molecule has 8 nitrogen and oxygen atoms in total. The molecule has 0 bridgehead atoms. The number of methoxy groups -OCH3 is 1. The lowest BCUT2D eigenvalue weighted by atomic mass is 10.1. The van der Waals surface area contributed by atoms with E-state index in [2.05, 4.69) is 15.1 Å². The van der Waals surface area contributed by atoms with Gasteiger partial charge in [-0.05, 0) is 31.7 Å². The summed E-state index contributed by atoms with van der Waals surface area (Å²) in [6.07, 6.45) is 3.63. The van der Waals surface area contributed by atoms with Crippen LogP contribution in [0, 0.1) is 17.8 Å². The van der Waals surface area contributed by atoms with Crippen LogP contribution in [0.1, 0.15) is 31.7 Å². The van der Waals surface area contributed by atoms with Gasteiger partial charge in [-0.3, -0.25) is 14.3 Å². The third kappa shape index (κ3) is 2.89. The number of aromatic amines is 1. The highest BCUT2D eigenvalue weighted by Crippen LogP contribution is 2.55. The lowest BCUT2D eigenvalue weighted by molar-refractivity contribution is 0.412. The van der Waals surface area contributed by atoms with Gasteiger partial charge in [0.1, 0.15) is 11.2 Å². The molecule has 0 amide bonds. The second kappa shape index (κ2) is 6.84. The van der Waals surface area contributed by atoms with Gasteiger partial charge in [0, 0.05) is 30.6 Å². The first kappa shape index (κ1) is 19.1. The molecule has 1 aromatic carbocycles. The summed E-state index contributed by atoms with van der Waals surface area (Å²) in [5.41, 5.74) is -0.282. The van der Waals surface area contributed by atoms with Crippen LogP contribution in [0.5, 0.6) is 5.75 Å². The molecule has 2 N–H and O–H groups in total. The Kier molecular flexibility index (Phi) is 4.36. The van der Waals surface area contributed by atoms with Gasteiger partial charge in [0.25, 0.3) is 5.56 Å². The van der Waals surface area contributed by atoms with Gasteiger partial charge >= 0.3 is 5.69 Å². The lowest BCUT2D eigenvalue weighted by Crippen LogP contribution is -2.31. The number of ether oxygens (including phenoxy) is 1. The molecule has 3 fully saturated rings. The van der Waals surface area contributed by atoms with Gasteiger partial charge in [-0.25, -0.2) is 15.8 Å². The fourth-order valence-electron chi connectivity index (χ4n) is 4.98. The van der Waals surface area contributed by atoms with Crippen LogP contribution >= 0.6 is 0 Å². The van der Waals surface area contributed by atoms with Gasteiger partial charge in [0.05, 0.1) is 19.0 Å². The van der Waals surface area contributed by atoms with Crippen molar-refractivity contribution in [2.75, 3.05) is 38.2 Å². The molecule has 2 aliphatic carbocycles. The van der Waals surface area contributed by atoms with Crippen LogP contribution in [0.3, 0.4) is 0 Å². The first-order valence-electron chi connectivity index (χ1n) is 10.4. The molecule has 1 spiro atoms. The van der Waals surface area contributed by atoms with Crippen molar-refractivity contribution in [3.05, 3.63) is 44.1 Å². The molecule has 2 atom stereocenters. The van der Waals surface area contributed by atoms with E-state index < -0.39 is 17.1 Å². The number of anilines is 1. The standard InChI is InChI=1S/C21H24FN5O3/c1-23-6-7-24-15-10-21(15)5-8-26(11-21)17-14(22)9-13-16(18(17)30-2)27(12-3-4-12)20(29)25-19(13)28/h9,12,15,24H,3-8,10-11H2,2H3,(H,25,28,29). The number of halogens is 1. The summed E-state index contributed by atoms with van der Waals surface area (Å²) in [5.74, 6) is -0.253. The van der Waals surface area contributed by atoms with Gasteiger partial charge in [0.15, 0.2) is 11.6 Å². The molecule has 3 aliphatic rings. The molecule has 2 saturated carbocycles.